The molecule has 4 aromatic rings. The molecule has 6 rings (SSSR count). The van der Waals surface area contributed by atoms with Crippen LogP contribution in [0.3, 0.4) is 0 Å². The SMILES string of the molecule is COc1ccccc1-c1ccc(Cn2ccc3c(F)ccc(C(=O)NC4CC5(C4)CC(C(=O)O)C5)c32)cc1. The first kappa shape index (κ1) is 24.2. The van der Waals surface area contributed by atoms with Gasteiger partial charge in [0, 0.05) is 29.7 Å². The van der Waals surface area contributed by atoms with E-state index in [-0.39, 0.29) is 29.1 Å². The normalized spacial score (nSPS) is 22.1. The Morgan fingerprint density at radius 3 is 2.47 bits per heavy atom. The number of methoxy groups -OCH3 is 1. The van der Waals surface area contributed by atoms with Gasteiger partial charge in [-0.25, -0.2) is 4.39 Å². The maximum atomic E-state index is 14.7. The van der Waals surface area contributed by atoms with Gasteiger partial charge in [-0.3, -0.25) is 9.59 Å². The minimum absolute atomic E-state index is 0.0169. The molecule has 194 valence electrons. The molecule has 38 heavy (non-hydrogen) atoms. The third-order valence-corrected chi connectivity index (χ3v) is 8.24. The Balaban J connectivity index is 1.20. The van der Waals surface area contributed by atoms with Gasteiger partial charge in [-0.05, 0) is 66.5 Å². The van der Waals surface area contributed by atoms with Gasteiger partial charge in [0.15, 0.2) is 0 Å². The van der Waals surface area contributed by atoms with Gasteiger partial charge in [0.25, 0.3) is 5.91 Å². The number of nitrogens with one attached hydrogen (secondary N) is 1. The van der Waals surface area contributed by atoms with Crippen LogP contribution in [0.5, 0.6) is 5.75 Å². The number of nitrogens with zero attached hydrogens (tertiary/aromatic N) is 1. The van der Waals surface area contributed by atoms with Crippen molar-refractivity contribution in [3.05, 3.63) is 89.9 Å². The van der Waals surface area contributed by atoms with E-state index >= 15 is 0 Å². The molecule has 3 aromatic carbocycles. The number of aliphatic carboxylic acids is 1. The van der Waals surface area contributed by atoms with E-state index in [1.165, 1.54) is 6.07 Å². The van der Waals surface area contributed by atoms with Gasteiger partial charge in [0.2, 0.25) is 0 Å². The maximum absolute atomic E-state index is 14.7. The summed E-state index contributed by atoms with van der Waals surface area (Å²) in [4.78, 5) is 24.4. The third kappa shape index (κ3) is 4.22. The van der Waals surface area contributed by atoms with E-state index in [1.807, 2.05) is 59.3 Å². The molecule has 2 fully saturated rings. The minimum atomic E-state index is -0.730. The minimum Gasteiger partial charge on any atom is -0.496 e. The Hall–Kier alpha value is -4.13. The molecule has 1 heterocycles. The molecule has 2 aliphatic carbocycles. The highest BCUT2D eigenvalue weighted by atomic mass is 19.1. The zero-order valence-electron chi connectivity index (χ0n) is 21.1. The number of rotatable bonds is 7. The van der Waals surface area contributed by atoms with Crippen molar-refractivity contribution in [2.45, 2.75) is 38.3 Å². The molecule has 0 bridgehead atoms. The van der Waals surface area contributed by atoms with Gasteiger partial charge in [-0.1, -0.05) is 42.5 Å². The van der Waals surface area contributed by atoms with Gasteiger partial charge in [-0.2, -0.15) is 0 Å². The fourth-order valence-corrected chi connectivity index (χ4v) is 6.32. The summed E-state index contributed by atoms with van der Waals surface area (Å²) >= 11 is 0. The number of hydrogen-bond donors (Lipinski definition) is 2. The van der Waals surface area contributed by atoms with E-state index in [9.17, 15) is 14.0 Å². The number of halogens is 1. The molecule has 0 aliphatic heterocycles. The highest BCUT2D eigenvalue weighted by Crippen LogP contribution is 2.58. The highest BCUT2D eigenvalue weighted by molar-refractivity contribution is 6.06. The molecule has 0 radical (unpaired) electrons. The Morgan fingerprint density at radius 1 is 1.03 bits per heavy atom. The molecule has 1 amide bonds. The number of carboxylic acid groups (broad SMARTS) is 1. The summed E-state index contributed by atoms with van der Waals surface area (Å²) in [7, 11) is 1.66. The Labute approximate surface area is 220 Å². The number of para-hydroxylation sites is 1. The number of amides is 1. The zero-order valence-corrected chi connectivity index (χ0v) is 21.1. The summed E-state index contributed by atoms with van der Waals surface area (Å²) in [6, 6.07) is 20.6. The first-order valence-electron chi connectivity index (χ1n) is 12.9. The lowest BCUT2D eigenvalue weighted by molar-refractivity contribution is -0.155. The average Bonchev–Trinajstić information content (AvgIpc) is 3.29. The molecule has 0 atom stereocenters. The van der Waals surface area contributed by atoms with E-state index < -0.39 is 5.97 Å². The number of aromatic nitrogens is 1. The predicted octanol–water partition coefficient (Wildman–Crippen LogP) is 5.88. The maximum Gasteiger partial charge on any atom is 0.306 e. The lowest BCUT2D eigenvalue weighted by atomic mass is 9.50. The second-order valence-electron chi connectivity index (χ2n) is 10.7. The molecule has 2 N–H and O–H groups in total. The zero-order chi connectivity index (χ0) is 26.4. The molecule has 1 spiro atoms. The van der Waals surface area contributed by atoms with Crippen molar-refractivity contribution in [3.8, 4) is 16.9 Å². The average molecular weight is 513 g/mol. The first-order valence-corrected chi connectivity index (χ1v) is 12.9. The van der Waals surface area contributed by atoms with E-state index in [0.29, 0.717) is 35.9 Å². The quantitative estimate of drug-likeness (QED) is 0.324. The fourth-order valence-electron chi connectivity index (χ4n) is 6.32. The monoisotopic (exact) mass is 512 g/mol. The van der Waals surface area contributed by atoms with Crippen molar-refractivity contribution >= 4 is 22.8 Å². The molecule has 6 nitrogen and oxygen atoms in total. The van der Waals surface area contributed by atoms with E-state index in [1.54, 1.807) is 19.2 Å². The van der Waals surface area contributed by atoms with Crippen LogP contribution >= 0.6 is 0 Å². The smallest absolute Gasteiger partial charge is 0.306 e. The summed E-state index contributed by atoms with van der Waals surface area (Å²) in [5, 5.41) is 12.7. The summed E-state index contributed by atoms with van der Waals surface area (Å²) in [5.41, 5.74) is 4.14. The van der Waals surface area contributed by atoms with Crippen LogP contribution in [0.1, 0.15) is 41.6 Å². The van der Waals surface area contributed by atoms with Crippen LogP contribution in [-0.2, 0) is 11.3 Å². The number of carbonyl (C=O) groups excluding carboxylic acids is 1. The van der Waals surface area contributed by atoms with Gasteiger partial charge in [-0.15, -0.1) is 0 Å². The van der Waals surface area contributed by atoms with Crippen molar-refractivity contribution in [2.75, 3.05) is 7.11 Å². The van der Waals surface area contributed by atoms with Gasteiger partial charge < -0.3 is 19.7 Å². The van der Waals surface area contributed by atoms with Crippen molar-refractivity contribution in [1.82, 2.24) is 9.88 Å². The lowest BCUT2D eigenvalue weighted by Gasteiger charge is -2.56. The van der Waals surface area contributed by atoms with Crippen molar-refractivity contribution in [3.63, 3.8) is 0 Å². The first-order chi connectivity index (χ1) is 18.4. The standard InChI is InChI=1S/C31H29FN2O4/c1-38-27-5-3-2-4-23(27)20-8-6-19(7-9-20)18-34-13-12-24-26(32)11-10-25(28(24)34)29(35)33-22-16-31(17-22)14-21(15-31)30(36)37/h2-13,21-22H,14-18H2,1H3,(H,33,35)(H,36,37). The molecule has 0 saturated heterocycles. The van der Waals surface area contributed by atoms with Crippen LogP contribution in [0.25, 0.3) is 22.0 Å². The topological polar surface area (TPSA) is 80.6 Å². The number of carbonyl (C=O) groups is 2. The van der Waals surface area contributed by atoms with Crippen molar-refractivity contribution < 1.29 is 23.8 Å². The number of hydrogen-bond acceptors (Lipinski definition) is 3. The Bertz CT molecular complexity index is 1530. The summed E-state index contributed by atoms with van der Waals surface area (Å²) in [6.07, 6.45) is 4.79. The van der Waals surface area contributed by atoms with Gasteiger partial charge in [0.05, 0.1) is 24.1 Å². The summed E-state index contributed by atoms with van der Waals surface area (Å²) in [5.74, 6) is -0.768. The molecular formula is C31H29FN2O4. The molecular weight excluding hydrogens is 483 g/mol. The van der Waals surface area contributed by atoms with Crippen molar-refractivity contribution in [2.24, 2.45) is 11.3 Å². The number of benzene rings is 3. The van der Waals surface area contributed by atoms with E-state index in [0.717, 1.165) is 35.3 Å². The molecule has 0 unspecified atom stereocenters. The van der Waals surface area contributed by atoms with Crippen LogP contribution in [0, 0.1) is 17.2 Å². The lowest BCUT2D eigenvalue weighted by Crippen LogP contribution is -2.57. The molecule has 7 heteroatoms. The third-order valence-electron chi connectivity index (χ3n) is 8.24. The van der Waals surface area contributed by atoms with E-state index in [2.05, 4.69) is 5.32 Å². The molecule has 2 aliphatic rings. The summed E-state index contributed by atoms with van der Waals surface area (Å²) < 4.78 is 22.1. The number of ether oxygens (including phenoxy) is 1. The van der Waals surface area contributed by atoms with Crippen LogP contribution in [0.15, 0.2) is 72.9 Å². The Kier molecular flexibility index (Phi) is 5.94. The van der Waals surface area contributed by atoms with Crippen LogP contribution in [0.4, 0.5) is 4.39 Å². The molecule has 1 aromatic heterocycles. The van der Waals surface area contributed by atoms with Gasteiger partial charge in [0.1, 0.15) is 11.6 Å². The highest BCUT2D eigenvalue weighted by Gasteiger charge is 2.55. The molecule has 2 saturated carbocycles. The second-order valence-corrected chi connectivity index (χ2v) is 10.7. The second kappa shape index (κ2) is 9.31. The van der Waals surface area contributed by atoms with Crippen LogP contribution < -0.4 is 10.1 Å². The van der Waals surface area contributed by atoms with Crippen LogP contribution in [-0.4, -0.2) is 34.7 Å². The van der Waals surface area contributed by atoms with Crippen molar-refractivity contribution in [1.29, 1.82) is 0 Å². The van der Waals surface area contributed by atoms with Gasteiger partial charge >= 0.3 is 5.97 Å². The predicted molar refractivity (Wildman–Crippen MR) is 143 cm³/mol. The Morgan fingerprint density at radius 2 is 1.76 bits per heavy atom. The van der Waals surface area contributed by atoms with Crippen LogP contribution in [0.2, 0.25) is 0 Å². The summed E-state index contributed by atoms with van der Waals surface area (Å²) in [6.45, 7) is 0.489. The largest absolute Gasteiger partial charge is 0.496 e. The fraction of sp³-hybridized carbons (Fsp3) is 0.290. The van der Waals surface area contributed by atoms with E-state index in [4.69, 9.17) is 9.84 Å². The number of fused-ring (bicyclic) bond motifs is 1. The number of carboxylic acids is 1.